The minimum atomic E-state index is 0.769. The van der Waals surface area contributed by atoms with Crippen molar-refractivity contribution in [2.45, 2.75) is 6.42 Å². The molecule has 0 amide bonds. The standard InChI is InChI=1S/C11H12O/c12-10-6-2-5-9-11-7-3-1-4-8-11/h1,3-10,12H,2H2. The van der Waals surface area contributed by atoms with E-state index < -0.39 is 0 Å². The van der Waals surface area contributed by atoms with Crippen molar-refractivity contribution in [2.24, 2.45) is 0 Å². The van der Waals surface area contributed by atoms with Crippen molar-refractivity contribution in [1.29, 1.82) is 0 Å². The summed E-state index contributed by atoms with van der Waals surface area (Å²) < 4.78 is 0. The molecule has 12 heavy (non-hydrogen) atoms. The highest BCUT2D eigenvalue weighted by Crippen LogP contribution is 2.01. The van der Waals surface area contributed by atoms with Gasteiger partial charge in [0, 0.05) is 0 Å². The third kappa shape index (κ3) is 3.06. The summed E-state index contributed by atoms with van der Waals surface area (Å²) in [5.41, 5.74) is 1.18. The van der Waals surface area contributed by atoms with Crippen molar-refractivity contribution in [3.63, 3.8) is 0 Å². The summed E-state index contributed by atoms with van der Waals surface area (Å²) in [6.07, 6.45) is 7.56. The summed E-state index contributed by atoms with van der Waals surface area (Å²) in [6.45, 7) is 0. The van der Waals surface area contributed by atoms with E-state index in [9.17, 15) is 0 Å². The zero-order valence-electron chi connectivity index (χ0n) is 6.85. The fourth-order valence-electron chi connectivity index (χ4n) is 0.908. The molecule has 1 N–H and O–H groups in total. The molecule has 0 bridgehead atoms. The molecule has 0 saturated carbocycles. The van der Waals surface area contributed by atoms with Gasteiger partial charge in [-0.3, -0.25) is 0 Å². The van der Waals surface area contributed by atoms with Crippen molar-refractivity contribution < 1.29 is 5.11 Å². The zero-order valence-corrected chi connectivity index (χ0v) is 6.85. The lowest BCUT2D eigenvalue weighted by molar-refractivity contribution is 0.472. The van der Waals surface area contributed by atoms with Gasteiger partial charge >= 0.3 is 0 Å². The molecule has 1 nitrogen and oxygen atoms in total. The molecule has 0 aliphatic carbocycles. The van der Waals surface area contributed by atoms with E-state index in [0.717, 1.165) is 12.7 Å². The van der Waals surface area contributed by atoms with Crippen LogP contribution in [0.1, 0.15) is 12.0 Å². The maximum absolute atomic E-state index is 8.35. The summed E-state index contributed by atoms with van der Waals surface area (Å²) >= 11 is 0. The number of aliphatic hydroxyl groups excluding tert-OH is 1. The van der Waals surface area contributed by atoms with Crippen molar-refractivity contribution in [3.8, 4) is 0 Å². The molecule has 62 valence electrons. The molecular formula is C11H12O. The Morgan fingerprint density at radius 2 is 1.83 bits per heavy atom. The molecular weight excluding hydrogens is 148 g/mol. The van der Waals surface area contributed by atoms with Gasteiger partial charge in [0.05, 0.1) is 6.26 Å². The van der Waals surface area contributed by atoms with Gasteiger partial charge in [0.15, 0.2) is 0 Å². The summed E-state index contributed by atoms with van der Waals surface area (Å²) in [5.74, 6) is 0. The smallest absolute Gasteiger partial charge is 0.0754 e. The van der Waals surface area contributed by atoms with Gasteiger partial charge in [-0.2, -0.15) is 0 Å². The minimum absolute atomic E-state index is 0.769. The van der Waals surface area contributed by atoms with E-state index in [-0.39, 0.29) is 0 Å². The number of benzene rings is 1. The van der Waals surface area contributed by atoms with Gasteiger partial charge in [-0.1, -0.05) is 42.5 Å². The number of aliphatic hydroxyl groups is 1. The normalized spacial score (nSPS) is 11.3. The van der Waals surface area contributed by atoms with E-state index in [0.29, 0.717) is 0 Å². The maximum atomic E-state index is 8.35. The molecule has 1 rings (SSSR count). The number of rotatable bonds is 3. The number of hydrogen-bond donors (Lipinski definition) is 1. The molecule has 0 saturated heterocycles. The molecule has 0 aliphatic heterocycles. The summed E-state index contributed by atoms with van der Waals surface area (Å²) in [4.78, 5) is 0. The average molecular weight is 160 g/mol. The van der Waals surface area contributed by atoms with E-state index in [4.69, 9.17) is 5.11 Å². The molecule has 0 aromatic heterocycles. The lowest BCUT2D eigenvalue weighted by Gasteiger charge is -1.88. The van der Waals surface area contributed by atoms with Crippen molar-refractivity contribution in [2.75, 3.05) is 0 Å². The largest absolute Gasteiger partial charge is 0.516 e. The molecule has 0 radical (unpaired) electrons. The van der Waals surface area contributed by atoms with Crippen LogP contribution in [-0.2, 0) is 0 Å². The first-order valence-electron chi connectivity index (χ1n) is 3.94. The van der Waals surface area contributed by atoms with Crippen molar-refractivity contribution in [3.05, 3.63) is 54.3 Å². The average Bonchev–Trinajstić information content (AvgIpc) is 2.14. The van der Waals surface area contributed by atoms with Gasteiger partial charge < -0.3 is 5.11 Å². The summed E-state index contributed by atoms with van der Waals surface area (Å²) in [6, 6.07) is 10.1. The quantitative estimate of drug-likeness (QED) is 0.673. The highest BCUT2D eigenvalue weighted by atomic mass is 16.2. The van der Waals surface area contributed by atoms with E-state index in [1.54, 1.807) is 6.08 Å². The summed E-state index contributed by atoms with van der Waals surface area (Å²) in [7, 11) is 0. The Hall–Kier alpha value is -1.50. The fraction of sp³-hybridized carbons (Fsp3) is 0.0909. The Bertz CT molecular complexity index is 260. The third-order valence-electron chi connectivity index (χ3n) is 1.49. The van der Waals surface area contributed by atoms with E-state index in [1.165, 1.54) is 5.56 Å². The molecule has 1 aromatic carbocycles. The van der Waals surface area contributed by atoms with Crippen LogP contribution in [0.3, 0.4) is 0 Å². The lowest BCUT2D eigenvalue weighted by Crippen LogP contribution is -1.67. The predicted molar refractivity (Wildman–Crippen MR) is 51.9 cm³/mol. The van der Waals surface area contributed by atoms with Gasteiger partial charge in [-0.25, -0.2) is 0 Å². The second-order valence-corrected chi connectivity index (χ2v) is 2.43. The topological polar surface area (TPSA) is 20.2 Å². The Morgan fingerprint density at radius 3 is 2.50 bits per heavy atom. The van der Waals surface area contributed by atoms with Gasteiger partial charge in [-0.15, -0.1) is 0 Å². The van der Waals surface area contributed by atoms with Gasteiger partial charge in [0.1, 0.15) is 0 Å². The van der Waals surface area contributed by atoms with Gasteiger partial charge in [-0.05, 0) is 18.1 Å². The van der Waals surface area contributed by atoms with Gasteiger partial charge in [0.2, 0.25) is 0 Å². The number of hydrogen-bond acceptors (Lipinski definition) is 1. The summed E-state index contributed by atoms with van der Waals surface area (Å²) in [5, 5.41) is 8.35. The molecule has 1 heteroatoms. The Morgan fingerprint density at radius 1 is 1.08 bits per heavy atom. The SMILES string of the molecule is OC=CCC=Cc1ccccc1. The molecule has 0 fully saturated rings. The second-order valence-electron chi connectivity index (χ2n) is 2.43. The number of allylic oxidation sites excluding steroid dienone is 2. The minimum Gasteiger partial charge on any atom is -0.516 e. The Balaban J connectivity index is 2.47. The first-order chi connectivity index (χ1) is 5.93. The lowest BCUT2D eigenvalue weighted by atomic mass is 10.2. The maximum Gasteiger partial charge on any atom is 0.0754 e. The van der Waals surface area contributed by atoms with E-state index in [2.05, 4.69) is 0 Å². The monoisotopic (exact) mass is 160 g/mol. The first kappa shape index (κ1) is 8.60. The first-order valence-corrected chi connectivity index (χ1v) is 3.94. The molecule has 1 aromatic rings. The Labute approximate surface area is 72.7 Å². The van der Waals surface area contributed by atoms with Crippen LogP contribution in [0.5, 0.6) is 0 Å². The van der Waals surface area contributed by atoms with Gasteiger partial charge in [0.25, 0.3) is 0 Å². The molecule has 0 spiro atoms. The molecule has 0 atom stereocenters. The predicted octanol–water partition coefficient (Wildman–Crippen LogP) is 3.16. The van der Waals surface area contributed by atoms with Crippen LogP contribution in [0, 0.1) is 0 Å². The molecule has 0 heterocycles. The fourth-order valence-corrected chi connectivity index (χ4v) is 0.908. The highest BCUT2D eigenvalue weighted by Gasteiger charge is 1.80. The van der Waals surface area contributed by atoms with Crippen LogP contribution in [0.2, 0.25) is 0 Å². The van der Waals surface area contributed by atoms with E-state index in [1.807, 2.05) is 42.5 Å². The van der Waals surface area contributed by atoms with E-state index >= 15 is 0 Å². The van der Waals surface area contributed by atoms with Crippen LogP contribution in [0.4, 0.5) is 0 Å². The Kier molecular flexibility index (Phi) is 3.72. The molecule has 0 unspecified atom stereocenters. The second kappa shape index (κ2) is 5.19. The van der Waals surface area contributed by atoms with Crippen LogP contribution in [0.15, 0.2) is 48.7 Å². The molecule has 0 aliphatic rings. The zero-order chi connectivity index (χ0) is 8.65. The van der Waals surface area contributed by atoms with Crippen molar-refractivity contribution >= 4 is 6.08 Å². The third-order valence-corrected chi connectivity index (χ3v) is 1.49. The van der Waals surface area contributed by atoms with Crippen LogP contribution < -0.4 is 0 Å². The van der Waals surface area contributed by atoms with Crippen LogP contribution in [-0.4, -0.2) is 5.11 Å². The van der Waals surface area contributed by atoms with Crippen molar-refractivity contribution in [1.82, 2.24) is 0 Å². The van der Waals surface area contributed by atoms with Crippen LogP contribution >= 0.6 is 0 Å². The van der Waals surface area contributed by atoms with Crippen LogP contribution in [0.25, 0.3) is 6.08 Å². The highest BCUT2D eigenvalue weighted by molar-refractivity contribution is 5.48.